The van der Waals surface area contributed by atoms with Gasteiger partial charge in [0.2, 0.25) is 0 Å². The van der Waals surface area contributed by atoms with Crippen molar-refractivity contribution in [2.45, 2.75) is 6.92 Å². The van der Waals surface area contributed by atoms with E-state index in [0.717, 1.165) is 16.9 Å². The van der Waals surface area contributed by atoms with Crippen molar-refractivity contribution >= 4 is 46.2 Å². The van der Waals surface area contributed by atoms with Gasteiger partial charge < -0.3 is 16.0 Å². The zero-order valence-corrected chi connectivity index (χ0v) is 15.4. The lowest BCUT2D eigenvalue weighted by molar-refractivity contribution is -0.133. The van der Waals surface area contributed by atoms with Crippen molar-refractivity contribution < 1.29 is 9.59 Å². The van der Waals surface area contributed by atoms with Gasteiger partial charge in [-0.05, 0) is 67.1 Å². The first kappa shape index (κ1) is 18.5. The van der Waals surface area contributed by atoms with Crippen molar-refractivity contribution in [3.63, 3.8) is 0 Å². The minimum Gasteiger partial charge on any atom is -0.356 e. The summed E-state index contributed by atoms with van der Waals surface area (Å²) in [5, 5.41) is 8.98. The van der Waals surface area contributed by atoms with Crippen LogP contribution in [0, 0.1) is 6.92 Å². The Bertz CT molecular complexity index is 957. The van der Waals surface area contributed by atoms with E-state index in [1.54, 1.807) is 37.3 Å². The summed E-state index contributed by atoms with van der Waals surface area (Å²) in [6.07, 6.45) is 0. The van der Waals surface area contributed by atoms with Crippen molar-refractivity contribution in [1.29, 1.82) is 0 Å². The Balaban J connectivity index is 1.59. The Kier molecular flexibility index (Phi) is 5.74. The van der Waals surface area contributed by atoms with Gasteiger partial charge in [-0.25, -0.2) is 0 Å². The number of anilines is 4. The van der Waals surface area contributed by atoms with Crippen molar-refractivity contribution in [3.05, 3.63) is 83.4 Å². The average molecular weight is 380 g/mol. The Labute approximate surface area is 162 Å². The van der Waals surface area contributed by atoms with Crippen LogP contribution < -0.4 is 16.0 Å². The molecule has 0 aromatic heterocycles. The van der Waals surface area contributed by atoms with Gasteiger partial charge in [0.1, 0.15) is 0 Å². The smallest absolute Gasteiger partial charge is 0.314 e. The average Bonchev–Trinajstić information content (AvgIpc) is 2.66. The van der Waals surface area contributed by atoms with E-state index < -0.39 is 11.8 Å². The van der Waals surface area contributed by atoms with E-state index in [9.17, 15) is 9.59 Å². The molecular weight excluding hydrogens is 362 g/mol. The number of para-hydroxylation sites is 1. The van der Waals surface area contributed by atoms with Crippen molar-refractivity contribution in [1.82, 2.24) is 0 Å². The number of carbonyl (C=O) groups is 2. The molecule has 0 spiro atoms. The van der Waals surface area contributed by atoms with Crippen LogP contribution in [0.5, 0.6) is 0 Å². The van der Waals surface area contributed by atoms with Crippen LogP contribution in [0.2, 0.25) is 5.02 Å². The molecule has 6 heteroatoms. The van der Waals surface area contributed by atoms with Gasteiger partial charge >= 0.3 is 11.8 Å². The molecule has 27 heavy (non-hydrogen) atoms. The molecule has 0 saturated carbocycles. The molecule has 0 aliphatic carbocycles. The van der Waals surface area contributed by atoms with E-state index in [-0.39, 0.29) is 0 Å². The summed E-state index contributed by atoms with van der Waals surface area (Å²) < 4.78 is 0. The van der Waals surface area contributed by atoms with E-state index in [0.29, 0.717) is 16.4 Å². The monoisotopic (exact) mass is 379 g/mol. The fraction of sp³-hybridized carbons (Fsp3) is 0.0476. The van der Waals surface area contributed by atoms with Crippen molar-refractivity contribution in [2.75, 3.05) is 16.0 Å². The SMILES string of the molecule is Cc1cc(Cl)ccc1NC(=O)C(=O)Nc1ccc(Nc2ccccc2)cc1. The molecule has 0 saturated heterocycles. The first-order valence-electron chi connectivity index (χ1n) is 8.32. The molecule has 3 aromatic rings. The zero-order valence-electron chi connectivity index (χ0n) is 14.6. The quantitative estimate of drug-likeness (QED) is 0.560. The Morgan fingerprint density at radius 1 is 0.741 bits per heavy atom. The van der Waals surface area contributed by atoms with Crippen LogP contribution in [0.3, 0.4) is 0 Å². The van der Waals surface area contributed by atoms with Gasteiger partial charge in [0, 0.05) is 27.8 Å². The molecule has 3 rings (SSSR count). The van der Waals surface area contributed by atoms with Gasteiger partial charge in [0.15, 0.2) is 0 Å². The van der Waals surface area contributed by atoms with Gasteiger partial charge in [0.05, 0.1) is 0 Å². The molecule has 0 bridgehead atoms. The largest absolute Gasteiger partial charge is 0.356 e. The minimum absolute atomic E-state index is 0.529. The lowest BCUT2D eigenvalue weighted by Gasteiger charge is -2.10. The molecule has 0 aliphatic rings. The third kappa shape index (κ3) is 5.09. The predicted octanol–water partition coefficient (Wildman–Crippen LogP) is 4.97. The number of hydrogen-bond acceptors (Lipinski definition) is 3. The second-order valence-corrected chi connectivity index (χ2v) is 6.37. The molecule has 0 radical (unpaired) electrons. The Hall–Kier alpha value is -3.31. The van der Waals surface area contributed by atoms with Gasteiger partial charge in [-0.3, -0.25) is 9.59 Å². The Morgan fingerprint density at radius 3 is 2.00 bits per heavy atom. The number of rotatable bonds is 4. The molecule has 0 fully saturated rings. The summed E-state index contributed by atoms with van der Waals surface area (Å²) in [4.78, 5) is 24.2. The van der Waals surface area contributed by atoms with Crippen molar-refractivity contribution in [2.24, 2.45) is 0 Å². The Morgan fingerprint density at radius 2 is 1.33 bits per heavy atom. The number of carbonyl (C=O) groups excluding carboxylic acids is 2. The molecule has 0 heterocycles. The van der Waals surface area contributed by atoms with Gasteiger partial charge in [0.25, 0.3) is 0 Å². The van der Waals surface area contributed by atoms with Crippen LogP contribution >= 0.6 is 11.6 Å². The van der Waals surface area contributed by atoms with Gasteiger partial charge in [-0.2, -0.15) is 0 Å². The van der Waals surface area contributed by atoms with Crippen LogP contribution in [0.1, 0.15) is 5.56 Å². The lowest BCUT2D eigenvalue weighted by atomic mass is 10.2. The fourth-order valence-corrected chi connectivity index (χ4v) is 2.69. The summed E-state index contributed by atoms with van der Waals surface area (Å²) in [6.45, 7) is 1.80. The third-order valence-corrected chi connectivity index (χ3v) is 4.08. The fourth-order valence-electron chi connectivity index (χ4n) is 2.46. The molecule has 3 aromatic carbocycles. The van der Waals surface area contributed by atoms with Crippen LogP contribution in [0.25, 0.3) is 0 Å². The van der Waals surface area contributed by atoms with Crippen LogP contribution in [0.4, 0.5) is 22.7 Å². The van der Waals surface area contributed by atoms with E-state index in [4.69, 9.17) is 11.6 Å². The number of hydrogen-bond donors (Lipinski definition) is 3. The zero-order chi connectivity index (χ0) is 19.2. The standard InChI is InChI=1S/C21H18ClN3O2/c1-14-13-15(22)7-12-19(14)25-21(27)20(26)24-18-10-8-17(9-11-18)23-16-5-3-2-4-6-16/h2-13,23H,1H3,(H,24,26)(H,25,27). The molecule has 2 amide bonds. The highest BCUT2D eigenvalue weighted by molar-refractivity contribution is 6.43. The number of nitrogens with one attached hydrogen (secondary N) is 3. The maximum atomic E-state index is 12.1. The molecule has 0 aliphatic heterocycles. The van der Waals surface area contributed by atoms with Gasteiger partial charge in [-0.15, -0.1) is 0 Å². The van der Waals surface area contributed by atoms with E-state index in [2.05, 4.69) is 16.0 Å². The molecule has 136 valence electrons. The maximum absolute atomic E-state index is 12.1. The van der Waals surface area contributed by atoms with Crippen LogP contribution in [-0.4, -0.2) is 11.8 Å². The number of amides is 2. The molecule has 0 atom stereocenters. The predicted molar refractivity (Wildman–Crippen MR) is 110 cm³/mol. The number of halogens is 1. The third-order valence-electron chi connectivity index (χ3n) is 3.85. The second-order valence-electron chi connectivity index (χ2n) is 5.94. The summed E-state index contributed by atoms with van der Waals surface area (Å²) >= 11 is 5.89. The van der Waals surface area contributed by atoms with E-state index >= 15 is 0 Å². The summed E-state index contributed by atoms with van der Waals surface area (Å²) in [5.74, 6) is -1.49. The highest BCUT2D eigenvalue weighted by atomic mass is 35.5. The maximum Gasteiger partial charge on any atom is 0.314 e. The molecule has 5 nitrogen and oxygen atoms in total. The number of aryl methyl sites for hydroxylation is 1. The number of benzene rings is 3. The van der Waals surface area contributed by atoms with E-state index in [1.165, 1.54) is 0 Å². The van der Waals surface area contributed by atoms with Gasteiger partial charge in [-0.1, -0.05) is 29.8 Å². The van der Waals surface area contributed by atoms with Crippen molar-refractivity contribution in [3.8, 4) is 0 Å². The van der Waals surface area contributed by atoms with E-state index in [1.807, 2.05) is 42.5 Å². The first-order valence-corrected chi connectivity index (χ1v) is 8.70. The topological polar surface area (TPSA) is 70.2 Å². The first-order chi connectivity index (χ1) is 13.0. The minimum atomic E-state index is -0.744. The molecule has 0 unspecified atom stereocenters. The normalized spacial score (nSPS) is 10.1. The highest BCUT2D eigenvalue weighted by Crippen LogP contribution is 2.20. The van der Waals surface area contributed by atoms with Crippen LogP contribution in [0.15, 0.2) is 72.8 Å². The molecular formula is C21H18ClN3O2. The molecule has 3 N–H and O–H groups in total. The lowest BCUT2D eigenvalue weighted by Crippen LogP contribution is -2.29. The summed E-state index contributed by atoms with van der Waals surface area (Å²) in [5.41, 5.74) is 3.69. The van der Waals surface area contributed by atoms with Crippen LogP contribution in [-0.2, 0) is 9.59 Å². The summed E-state index contributed by atoms with van der Waals surface area (Å²) in [6, 6.07) is 21.9. The second kappa shape index (κ2) is 8.38. The summed E-state index contributed by atoms with van der Waals surface area (Å²) in [7, 11) is 0. The highest BCUT2D eigenvalue weighted by Gasteiger charge is 2.15.